The Bertz CT molecular complexity index is 552. The summed E-state index contributed by atoms with van der Waals surface area (Å²) in [7, 11) is 3.85. The minimum atomic E-state index is -0.0670. The smallest absolute Gasteiger partial charge is 0.236 e. The quantitative estimate of drug-likeness (QED) is 0.782. The summed E-state index contributed by atoms with van der Waals surface area (Å²) in [6.45, 7) is 3.90. The van der Waals surface area contributed by atoms with E-state index >= 15 is 0 Å². The van der Waals surface area contributed by atoms with Gasteiger partial charge in [-0.25, -0.2) is 0 Å². The normalized spacial score (nSPS) is 26.6. The molecule has 1 aromatic rings. The fourth-order valence-electron chi connectivity index (χ4n) is 3.69. The number of pyridine rings is 1. The van der Waals surface area contributed by atoms with Gasteiger partial charge in [0.2, 0.25) is 5.91 Å². The summed E-state index contributed by atoms with van der Waals surface area (Å²) in [6, 6.07) is 3.93. The molecule has 1 aromatic heterocycles. The molecule has 6 heteroatoms. The van der Waals surface area contributed by atoms with Crippen molar-refractivity contribution >= 4 is 5.91 Å². The lowest BCUT2D eigenvalue weighted by molar-refractivity contribution is -0.140. The van der Waals surface area contributed by atoms with Crippen LogP contribution < -0.4 is 0 Å². The largest absolute Gasteiger partial charge is 0.377 e. The fourth-order valence-corrected chi connectivity index (χ4v) is 3.69. The number of aromatic nitrogens is 1. The SMILES string of the molecule is CN(C)CC(=O)N1CC[C@H]2OCC[C@@]2(COCc2cccnc2)C1. The molecule has 0 N–H and O–H groups in total. The lowest BCUT2D eigenvalue weighted by Gasteiger charge is -2.43. The minimum absolute atomic E-state index is 0.0670. The van der Waals surface area contributed by atoms with Crippen LogP contribution in [0.15, 0.2) is 24.5 Å². The predicted octanol–water partition coefficient (Wildman–Crippen LogP) is 1.17. The summed E-state index contributed by atoms with van der Waals surface area (Å²) in [6.07, 6.45) is 5.65. The van der Waals surface area contributed by atoms with Gasteiger partial charge in [0.25, 0.3) is 0 Å². The molecular formula is C18H27N3O3. The number of ether oxygens (including phenoxy) is 2. The number of hydrogen-bond donors (Lipinski definition) is 0. The maximum absolute atomic E-state index is 12.4. The van der Waals surface area contributed by atoms with Gasteiger partial charge in [-0.1, -0.05) is 6.07 Å². The van der Waals surface area contributed by atoms with Gasteiger partial charge in [0.15, 0.2) is 0 Å². The topological polar surface area (TPSA) is 54.9 Å². The Morgan fingerprint density at radius 1 is 1.54 bits per heavy atom. The van der Waals surface area contributed by atoms with E-state index in [4.69, 9.17) is 9.47 Å². The molecule has 0 aromatic carbocycles. The van der Waals surface area contributed by atoms with Gasteiger partial charge < -0.3 is 19.3 Å². The molecule has 1 amide bonds. The highest BCUT2D eigenvalue weighted by molar-refractivity contribution is 5.78. The van der Waals surface area contributed by atoms with Gasteiger partial charge in [0, 0.05) is 37.5 Å². The number of fused-ring (bicyclic) bond motifs is 1. The van der Waals surface area contributed by atoms with Gasteiger partial charge >= 0.3 is 0 Å². The lowest BCUT2D eigenvalue weighted by Crippen LogP contribution is -2.54. The highest BCUT2D eigenvalue weighted by atomic mass is 16.5. The van der Waals surface area contributed by atoms with E-state index in [2.05, 4.69) is 4.98 Å². The van der Waals surface area contributed by atoms with Gasteiger partial charge in [-0.15, -0.1) is 0 Å². The summed E-state index contributed by atoms with van der Waals surface area (Å²) >= 11 is 0. The molecule has 3 rings (SSSR count). The molecule has 2 saturated heterocycles. The third kappa shape index (κ3) is 3.94. The molecule has 6 nitrogen and oxygen atoms in total. The van der Waals surface area contributed by atoms with Crippen LogP contribution in [0.5, 0.6) is 0 Å². The van der Waals surface area contributed by atoms with Crippen molar-refractivity contribution in [2.24, 2.45) is 5.41 Å². The van der Waals surface area contributed by atoms with Crippen LogP contribution in [-0.2, 0) is 20.9 Å². The van der Waals surface area contributed by atoms with Crippen LogP contribution in [0, 0.1) is 5.41 Å². The molecule has 0 radical (unpaired) electrons. The van der Waals surface area contributed by atoms with Crippen molar-refractivity contribution in [3.8, 4) is 0 Å². The third-order valence-electron chi connectivity index (χ3n) is 4.95. The van der Waals surface area contributed by atoms with Crippen LogP contribution >= 0.6 is 0 Å². The van der Waals surface area contributed by atoms with Crippen LogP contribution in [-0.4, -0.2) is 73.7 Å². The van der Waals surface area contributed by atoms with Gasteiger partial charge in [-0.05, 0) is 38.6 Å². The van der Waals surface area contributed by atoms with E-state index in [-0.39, 0.29) is 17.4 Å². The van der Waals surface area contributed by atoms with E-state index in [9.17, 15) is 4.79 Å². The second-order valence-electron chi connectivity index (χ2n) is 7.17. The van der Waals surface area contributed by atoms with E-state index in [1.165, 1.54) is 0 Å². The van der Waals surface area contributed by atoms with E-state index in [1.807, 2.05) is 42.2 Å². The Morgan fingerprint density at radius 2 is 2.42 bits per heavy atom. The zero-order valence-corrected chi connectivity index (χ0v) is 14.6. The number of amides is 1. The molecule has 0 bridgehead atoms. The maximum atomic E-state index is 12.4. The van der Waals surface area contributed by atoms with Crippen molar-refractivity contribution < 1.29 is 14.3 Å². The highest BCUT2D eigenvalue weighted by Crippen LogP contribution is 2.41. The second kappa shape index (κ2) is 7.59. The molecule has 0 spiro atoms. The van der Waals surface area contributed by atoms with Gasteiger partial charge in [-0.3, -0.25) is 9.78 Å². The zero-order valence-electron chi connectivity index (χ0n) is 14.6. The van der Waals surface area contributed by atoms with Crippen LogP contribution in [0.2, 0.25) is 0 Å². The first kappa shape index (κ1) is 17.3. The van der Waals surface area contributed by atoms with Crippen molar-refractivity contribution in [2.45, 2.75) is 25.6 Å². The van der Waals surface area contributed by atoms with Gasteiger partial charge in [-0.2, -0.15) is 0 Å². The van der Waals surface area contributed by atoms with Crippen molar-refractivity contribution in [2.75, 3.05) is 46.9 Å². The molecule has 2 aliphatic rings. The first-order chi connectivity index (χ1) is 11.6. The summed E-state index contributed by atoms with van der Waals surface area (Å²) in [5.41, 5.74) is 1.00. The van der Waals surface area contributed by atoms with E-state index in [0.29, 0.717) is 19.8 Å². The second-order valence-corrected chi connectivity index (χ2v) is 7.17. The Hall–Kier alpha value is -1.50. The summed E-state index contributed by atoms with van der Waals surface area (Å²) in [4.78, 5) is 20.5. The standard InChI is InChI=1S/C18H27N3O3/c1-20(2)11-17(22)21-8-5-16-18(13-21,6-9-24-16)14-23-12-15-4-3-7-19-10-15/h3-4,7,10,16H,5-6,8-9,11-14H2,1-2H3/t16-,18+/m1/s1. The molecule has 0 unspecified atom stereocenters. The van der Waals surface area contributed by atoms with Crippen LogP contribution in [0.3, 0.4) is 0 Å². The minimum Gasteiger partial charge on any atom is -0.377 e. The van der Waals surface area contributed by atoms with Crippen molar-refractivity contribution in [3.05, 3.63) is 30.1 Å². The van der Waals surface area contributed by atoms with Crippen molar-refractivity contribution in [1.82, 2.24) is 14.8 Å². The number of likely N-dealkylation sites (N-methyl/N-ethyl adjacent to an activating group) is 1. The fraction of sp³-hybridized carbons (Fsp3) is 0.667. The third-order valence-corrected chi connectivity index (χ3v) is 4.95. The first-order valence-electron chi connectivity index (χ1n) is 8.60. The Kier molecular flexibility index (Phi) is 5.48. The monoisotopic (exact) mass is 333 g/mol. The molecule has 0 saturated carbocycles. The lowest BCUT2D eigenvalue weighted by atomic mass is 9.77. The molecular weight excluding hydrogens is 306 g/mol. The number of carbonyl (C=O) groups excluding carboxylic acids is 1. The average Bonchev–Trinajstić information content (AvgIpc) is 2.98. The van der Waals surface area contributed by atoms with Gasteiger partial charge in [0.05, 0.1) is 25.9 Å². The van der Waals surface area contributed by atoms with Crippen LogP contribution in [0.1, 0.15) is 18.4 Å². The van der Waals surface area contributed by atoms with Crippen LogP contribution in [0.25, 0.3) is 0 Å². The van der Waals surface area contributed by atoms with Gasteiger partial charge in [0.1, 0.15) is 0 Å². The van der Waals surface area contributed by atoms with Crippen LogP contribution in [0.4, 0.5) is 0 Å². The van der Waals surface area contributed by atoms with Crippen molar-refractivity contribution in [1.29, 1.82) is 0 Å². The van der Waals surface area contributed by atoms with E-state index in [1.54, 1.807) is 6.20 Å². The average molecular weight is 333 g/mol. The highest BCUT2D eigenvalue weighted by Gasteiger charge is 2.48. The van der Waals surface area contributed by atoms with Crippen molar-refractivity contribution in [3.63, 3.8) is 0 Å². The summed E-state index contributed by atoms with van der Waals surface area (Å²) in [5, 5.41) is 0. The predicted molar refractivity (Wildman–Crippen MR) is 90.4 cm³/mol. The maximum Gasteiger partial charge on any atom is 0.236 e. The Morgan fingerprint density at radius 3 is 3.17 bits per heavy atom. The zero-order chi connectivity index (χ0) is 17.0. The van der Waals surface area contributed by atoms with E-state index < -0.39 is 0 Å². The Balaban J connectivity index is 1.60. The molecule has 2 aliphatic heterocycles. The summed E-state index contributed by atoms with van der Waals surface area (Å²) < 4.78 is 11.9. The number of nitrogens with zero attached hydrogens (tertiary/aromatic N) is 3. The summed E-state index contributed by atoms with van der Waals surface area (Å²) in [5.74, 6) is 0.192. The number of carbonyl (C=O) groups is 1. The molecule has 2 fully saturated rings. The molecule has 132 valence electrons. The molecule has 24 heavy (non-hydrogen) atoms. The number of likely N-dealkylation sites (tertiary alicyclic amines) is 1. The molecule has 3 heterocycles. The number of hydrogen-bond acceptors (Lipinski definition) is 5. The number of rotatable bonds is 6. The molecule has 0 aliphatic carbocycles. The first-order valence-corrected chi connectivity index (χ1v) is 8.60. The number of piperidine rings is 1. The van der Waals surface area contributed by atoms with E-state index in [0.717, 1.165) is 38.1 Å². The Labute approximate surface area is 143 Å². The molecule has 2 atom stereocenters.